The lowest BCUT2D eigenvalue weighted by Gasteiger charge is -2.43. The van der Waals surface area contributed by atoms with Crippen LogP contribution in [0.15, 0.2) is 48.5 Å². The first-order chi connectivity index (χ1) is 22.9. The van der Waals surface area contributed by atoms with Crippen LogP contribution < -0.4 is 21.7 Å². The van der Waals surface area contributed by atoms with Crippen molar-refractivity contribution in [3.8, 4) is 0 Å². The zero-order valence-corrected chi connectivity index (χ0v) is 28.4. The monoisotopic (exact) mass is 706 g/mol. The van der Waals surface area contributed by atoms with Gasteiger partial charge in [-0.05, 0) is 59.7 Å². The van der Waals surface area contributed by atoms with Crippen LogP contribution in [0.3, 0.4) is 0 Å². The highest BCUT2D eigenvalue weighted by atomic mass is 35.5. The van der Waals surface area contributed by atoms with Crippen LogP contribution in [0.25, 0.3) is 0 Å². The van der Waals surface area contributed by atoms with Gasteiger partial charge in [0.2, 0.25) is 17.6 Å². The molecule has 0 aromatic heterocycles. The summed E-state index contributed by atoms with van der Waals surface area (Å²) in [4.78, 5) is 68.9. The Morgan fingerprint density at radius 1 is 0.939 bits per heavy atom. The molecular formula is C34H42ClF3N6O5. The first kappa shape index (κ1) is 37.6. The van der Waals surface area contributed by atoms with Crippen LogP contribution in [-0.2, 0) is 31.9 Å². The number of nitrogens with two attached hydrogens (primary N) is 1. The van der Waals surface area contributed by atoms with Gasteiger partial charge in [-0.2, -0.15) is 13.2 Å². The van der Waals surface area contributed by atoms with E-state index >= 15 is 0 Å². The second-order valence-electron chi connectivity index (χ2n) is 13.7. The van der Waals surface area contributed by atoms with E-state index < -0.39 is 64.8 Å². The molecule has 266 valence electrons. The Morgan fingerprint density at radius 3 is 2.10 bits per heavy atom. The van der Waals surface area contributed by atoms with Crippen LogP contribution >= 0.6 is 11.6 Å². The molecular weight excluding hydrogens is 665 g/mol. The Kier molecular flexibility index (Phi) is 12.0. The zero-order chi connectivity index (χ0) is 36.1. The number of halogens is 4. The first-order valence-electron chi connectivity index (χ1n) is 16.1. The molecule has 1 saturated heterocycles. The van der Waals surface area contributed by atoms with E-state index in [-0.39, 0.29) is 37.7 Å². The minimum Gasteiger partial charge on any atom is -0.363 e. The number of nitrogens with zero attached hydrogens (tertiary/aromatic N) is 2. The van der Waals surface area contributed by atoms with E-state index in [9.17, 15) is 37.1 Å². The number of nitrogens with one attached hydrogen (secondary N) is 3. The number of piperazine rings is 1. The van der Waals surface area contributed by atoms with E-state index in [1.54, 1.807) is 32.9 Å². The fourth-order valence-corrected chi connectivity index (χ4v) is 6.01. The molecule has 4 rings (SSSR count). The molecule has 15 heteroatoms. The molecule has 0 spiro atoms. The predicted molar refractivity (Wildman–Crippen MR) is 177 cm³/mol. The van der Waals surface area contributed by atoms with Gasteiger partial charge in [-0.3, -0.25) is 24.1 Å². The van der Waals surface area contributed by atoms with Gasteiger partial charge in [-0.15, -0.1) is 0 Å². The fraction of sp³-hybridized carbons (Fsp3) is 0.500. The van der Waals surface area contributed by atoms with Crippen LogP contribution in [-0.4, -0.2) is 77.1 Å². The topological polar surface area (TPSA) is 154 Å². The Hall–Kier alpha value is -4.17. The van der Waals surface area contributed by atoms with Gasteiger partial charge in [0.05, 0.1) is 11.6 Å². The fourth-order valence-electron chi connectivity index (χ4n) is 5.89. The molecule has 5 N–H and O–H groups in total. The Bertz CT molecular complexity index is 1530. The van der Waals surface area contributed by atoms with E-state index in [1.165, 1.54) is 4.90 Å². The number of Topliss-reactive ketones (excluding diaryl/α,β-unsaturated/α-hetero) is 1. The minimum absolute atomic E-state index is 0.0893. The summed E-state index contributed by atoms with van der Waals surface area (Å²) in [5.74, 6) is -2.87. The number of carbonyl (C=O) groups is 5. The molecule has 11 nitrogen and oxygen atoms in total. The summed E-state index contributed by atoms with van der Waals surface area (Å²) in [6, 6.07) is 7.07. The number of urea groups is 1. The van der Waals surface area contributed by atoms with Gasteiger partial charge in [0.25, 0.3) is 5.91 Å². The van der Waals surface area contributed by atoms with Gasteiger partial charge in [-0.1, -0.05) is 63.8 Å². The van der Waals surface area contributed by atoms with Crippen molar-refractivity contribution in [3.05, 3.63) is 64.7 Å². The number of hydrogen-bond donors (Lipinski definition) is 4. The maximum absolute atomic E-state index is 14.0. The largest absolute Gasteiger partial charge is 0.416 e. The summed E-state index contributed by atoms with van der Waals surface area (Å²) in [5, 5.41) is 8.41. The van der Waals surface area contributed by atoms with Crippen molar-refractivity contribution < 1.29 is 37.1 Å². The van der Waals surface area contributed by atoms with Crippen molar-refractivity contribution in [3.63, 3.8) is 0 Å². The average molecular weight is 707 g/mol. The quantitative estimate of drug-likeness (QED) is 0.255. The van der Waals surface area contributed by atoms with Crippen LogP contribution in [0.1, 0.15) is 57.6 Å². The SMILES string of the molecule is CC(C)(C)[C@H](NC(=O)Nc1ccc(C(F)(F)F)cc1)C(=O)N1CCN(Cc2ccc(Cl)cc2)[C@@H](C(=O)NC(CC2CCC2)C(=O)C(N)=O)C1. The van der Waals surface area contributed by atoms with Gasteiger partial charge in [0.1, 0.15) is 12.1 Å². The van der Waals surface area contributed by atoms with E-state index in [1.807, 2.05) is 17.0 Å². The number of primary amides is 1. The molecule has 5 amide bonds. The number of carbonyl (C=O) groups excluding carboxylic acids is 5. The van der Waals surface area contributed by atoms with Crippen molar-refractivity contribution in [1.82, 2.24) is 20.4 Å². The Balaban J connectivity index is 1.52. The van der Waals surface area contributed by atoms with E-state index in [2.05, 4.69) is 16.0 Å². The molecule has 2 aromatic rings. The summed E-state index contributed by atoms with van der Waals surface area (Å²) < 4.78 is 38.9. The maximum Gasteiger partial charge on any atom is 0.416 e. The summed E-state index contributed by atoms with van der Waals surface area (Å²) >= 11 is 6.06. The highest BCUT2D eigenvalue weighted by Gasteiger charge is 2.42. The van der Waals surface area contributed by atoms with Crippen molar-refractivity contribution in [2.75, 3.05) is 25.0 Å². The first-order valence-corrected chi connectivity index (χ1v) is 16.5. The van der Waals surface area contributed by atoms with Gasteiger partial charge < -0.3 is 26.6 Å². The maximum atomic E-state index is 14.0. The number of amides is 5. The molecule has 3 atom stereocenters. The van der Waals surface area contributed by atoms with Gasteiger partial charge in [0, 0.05) is 36.9 Å². The molecule has 1 saturated carbocycles. The molecule has 1 aliphatic heterocycles. The lowest BCUT2D eigenvalue weighted by Crippen LogP contribution is -2.64. The van der Waals surface area contributed by atoms with Crippen LogP contribution in [0, 0.1) is 11.3 Å². The van der Waals surface area contributed by atoms with Crippen molar-refractivity contribution >= 4 is 46.8 Å². The summed E-state index contributed by atoms with van der Waals surface area (Å²) in [7, 11) is 0. The van der Waals surface area contributed by atoms with Crippen LogP contribution in [0.4, 0.5) is 23.7 Å². The van der Waals surface area contributed by atoms with E-state index in [0.717, 1.165) is 49.1 Å². The Morgan fingerprint density at radius 2 is 1.57 bits per heavy atom. The van der Waals surface area contributed by atoms with Crippen LogP contribution in [0.2, 0.25) is 5.02 Å². The molecule has 2 aromatic carbocycles. The highest BCUT2D eigenvalue weighted by Crippen LogP contribution is 2.32. The third-order valence-corrected chi connectivity index (χ3v) is 9.18. The number of ketones is 1. The van der Waals surface area contributed by atoms with Gasteiger partial charge in [0.15, 0.2) is 0 Å². The summed E-state index contributed by atoms with van der Waals surface area (Å²) in [5.41, 5.74) is 4.59. The summed E-state index contributed by atoms with van der Waals surface area (Å²) in [6.07, 6.45) is -1.51. The number of benzene rings is 2. The van der Waals surface area contributed by atoms with Gasteiger partial charge >= 0.3 is 12.2 Å². The van der Waals surface area contributed by atoms with E-state index in [0.29, 0.717) is 11.6 Å². The normalized spacial score (nSPS) is 18.5. The molecule has 1 heterocycles. The highest BCUT2D eigenvalue weighted by molar-refractivity contribution is 6.37. The average Bonchev–Trinajstić information content (AvgIpc) is 3.00. The number of anilines is 1. The number of hydrogen-bond acceptors (Lipinski definition) is 6. The number of rotatable bonds is 11. The standard InChI is InChI=1S/C34H42ClF3N6O5/c1-33(2,3)28(42-32(49)40-24-13-9-22(10-14-24)34(36,37)38)31(48)44-16-15-43(18-21-7-11-23(35)12-8-21)26(19-44)30(47)41-25(27(45)29(39)46)17-20-5-4-6-20/h7-14,20,25-26,28H,4-6,15-19H2,1-3H3,(H2,39,46)(H,41,47)(H2,40,42,49)/t25?,26-,28-/m1/s1. The van der Waals surface area contributed by atoms with Crippen LogP contribution in [0.5, 0.6) is 0 Å². The minimum atomic E-state index is -4.53. The molecule has 1 aliphatic carbocycles. The third-order valence-electron chi connectivity index (χ3n) is 8.93. The Labute approximate surface area is 288 Å². The number of alkyl halides is 3. The van der Waals surface area contributed by atoms with E-state index in [4.69, 9.17) is 17.3 Å². The molecule has 1 unspecified atom stereocenters. The third kappa shape index (κ3) is 10.2. The lowest BCUT2D eigenvalue weighted by molar-refractivity contribution is -0.143. The lowest BCUT2D eigenvalue weighted by atomic mass is 9.80. The molecule has 2 fully saturated rings. The predicted octanol–water partition coefficient (Wildman–Crippen LogP) is 4.34. The second kappa shape index (κ2) is 15.6. The smallest absolute Gasteiger partial charge is 0.363 e. The molecule has 2 aliphatic rings. The van der Waals surface area contributed by atoms with Gasteiger partial charge in [-0.25, -0.2) is 4.79 Å². The zero-order valence-electron chi connectivity index (χ0n) is 27.6. The van der Waals surface area contributed by atoms with Crippen molar-refractivity contribution in [2.24, 2.45) is 17.1 Å². The second-order valence-corrected chi connectivity index (χ2v) is 14.1. The molecule has 0 bridgehead atoms. The van der Waals surface area contributed by atoms with Crippen molar-refractivity contribution in [1.29, 1.82) is 0 Å². The molecule has 0 radical (unpaired) electrons. The molecule has 49 heavy (non-hydrogen) atoms. The van der Waals surface area contributed by atoms with Crippen molar-refractivity contribution in [2.45, 2.75) is 77.3 Å². The summed E-state index contributed by atoms with van der Waals surface area (Å²) in [6.45, 7) is 5.94.